The van der Waals surface area contributed by atoms with E-state index in [4.69, 9.17) is 0 Å². The Bertz CT molecular complexity index is 807. The van der Waals surface area contributed by atoms with Gasteiger partial charge < -0.3 is 5.11 Å². The molecular weight excluding hydrogens is 322 g/mol. The van der Waals surface area contributed by atoms with Gasteiger partial charge in [0.25, 0.3) is 0 Å². The van der Waals surface area contributed by atoms with E-state index in [1.807, 2.05) is 36.4 Å². The number of nitrogens with zero attached hydrogens (tertiary/aromatic N) is 3. The summed E-state index contributed by atoms with van der Waals surface area (Å²) in [5.41, 5.74) is 3.51. The van der Waals surface area contributed by atoms with E-state index in [0.29, 0.717) is 11.6 Å². The van der Waals surface area contributed by atoms with Crippen LogP contribution in [0.2, 0.25) is 0 Å². The fourth-order valence-corrected chi connectivity index (χ4v) is 3.57. The molecule has 138 valence electrons. The van der Waals surface area contributed by atoms with Crippen molar-refractivity contribution in [3.8, 4) is 11.4 Å². The SMILES string of the molecule is CCCCCCC(CCC)c1ccc(-n2nc3ccccc3n2)c(O)c1. The van der Waals surface area contributed by atoms with Crippen LogP contribution in [-0.4, -0.2) is 20.1 Å². The van der Waals surface area contributed by atoms with E-state index < -0.39 is 0 Å². The minimum atomic E-state index is 0.248. The van der Waals surface area contributed by atoms with Gasteiger partial charge in [-0.1, -0.05) is 64.2 Å². The van der Waals surface area contributed by atoms with Crippen molar-refractivity contribution < 1.29 is 5.11 Å². The number of aromatic hydroxyl groups is 1. The van der Waals surface area contributed by atoms with Gasteiger partial charge in [-0.3, -0.25) is 0 Å². The number of fused-ring (bicyclic) bond motifs is 1. The Kier molecular flexibility index (Phi) is 6.26. The third-order valence-electron chi connectivity index (χ3n) is 5.02. The van der Waals surface area contributed by atoms with Crippen molar-refractivity contribution in [1.82, 2.24) is 15.0 Å². The molecule has 0 amide bonds. The molecular formula is C22H29N3O. The van der Waals surface area contributed by atoms with Crippen LogP contribution < -0.4 is 0 Å². The van der Waals surface area contributed by atoms with E-state index in [9.17, 15) is 5.11 Å². The standard InChI is InChI=1S/C22H29N3O/c1-3-5-6-7-11-17(10-4-2)18-14-15-21(22(26)16-18)25-23-19-12-8-9-13-20(19)24-25/h8-9,12-17,26H,3-7,10-11H2,1-2H3. The highest BCUT2D eigenvalue weighted by molar-refractivity contribution is 5.73. The summed E-state index contributed by atoms with van der Waals surface area (Å²) in [6.45, 7) is 4.47. The van der Waals surface area contributed by atoms with Gasteiger partial charge in [0, 0.05) is 0 Å². The summed E-state index contributed by atoms with van der Waals surface area (Å²) in [7, 11) is 0. The smallest absolute Gasteiger partial charge is 0.143 e. The average molecular weight is 351 g/mol. The first-order valence-corrected chi connectivity index (χ1v) is 9.88. The molecule has 1 unspecified atom stereocenters. The van der Waals surface area contributed by atoms with E-state index in [1.54, 1.807) is 0 Å². The maximum Gasteiger partial charge on any atom is 0.143 e. The number of phenolic OH excluding ortho intramolecular Hbond substituents is 1. The summed E-state index contributed by atoms with van der Waals surface area (Å²) in [5.74, 6) is 0.763. The summed E-state index contributed by atoms with van der Waals surface area (Å²) in [5, 5.41) is 19.5. The Morgan fingerprint density at radius 2 is 1.62 bits per heavy atom. The molecule has 0 aliphatic carbocycles. The van der Waals surface area contributed by atoms with E-state index in [2.05, 4.69) is 30.1 Å². The molecule has 0 spiro atoms. The monoisotopic (exact) mass is 351 g/mol. The number of rotatable bonds is 9. The molecule has 0 saturated heterocycles. The van der Waals surface area contributed by atoms with Gasteiger partial charge in [-0.15, -0.1) is 15.0 Å². The van der Waals surface area contributed by atoms with Crippen molar-refractivity contribution in [1.29, 1.82) is 0 Å². The Morgan fingerprint density at radius 1 is 0.885 bits per heavy atom. The van der Waals surface area contributed by atoms with Gasteiger partial charge in [0.15, 0.2) is 0 Å². The molecule has 0 fully saturated rings. The fourth-order valence-electron chi connectivity index (χ4n) is 3.57. The van der Waals surface area contributed by atoms with E-state index >= 15 is 0 Å². The molecule has 0 saturated carbocycles. The number of unbranched alkanes of at least 4 members (excludes halogenated alkanes) is 3. The van der Waals surface area contributed by atoms with Crippen molar-refractivity contribution in [3.05, 3.63) is 48.0 Å². The largest absolute Gasteiger partial charge is 0.506 e. The maximum atomic E-state index is 10.6. The molecule has 0 aliphatic heterocycles. The second-order valence-electron chi connectivity index (χ2n) is 7.06. The maximum absolute atomic E-state index is 10.6. The predicted octanol–water partition coefficient (Wildman–Crippen LogP) is 5.98. The second-order valence-corrected chi connectivity index (χ2v) is 7.06. The van der Waals surface area contributed by atoms with Crippen LogP contribution in [0.15, 0.2) is 42.5 Å². The van der Waals surface area contributed by atoms with Gasteiger partial charge in [-0.2, -0.15) is 0 Å². The van der Waals surface area contributed by atoms with Crippen molar-refractivity contribution in [2.24, 2.45) is 0 Å². The average Bonchev–Trinajstić information content (AvgIpc) is 3.08. The summed E-state index contributed by atoms with van der Waals surface area (Å²) >= 11 is 0. The van der Waals surface area contributed by atoms with Crippen LogP contribution in [0, 0.1) is 0 Å². The summed E-state index contributed by atoms with van der Waals surface area (Å²) in [4.78, 5) is 1.53. The lowest BCUT2D eigenvalue weighted by molar-refractivity contribution is 0.463. The predicted molar refractivity (Wildman–Crippen MR) is 107 cm³/mol. The molecule has 3 rings (SSSR count). The molecule has 2 aromatic carbocycles. The van der Waals surface area contributed by atoms with Crippen molar-refractivity contribution in [2.45, 2.75) is 64.7 Å². The fraction of sp³-hybridized carbons (Fsp3) is 0.455. The molecule has 3 aromatic rings. The Morgan fingerprint density at radius 3 is 2.23 bits per heavy atom. The van der Waals surface area contributed by atoms with Crippen LogP contribution in [-0.2, 0) is 0 Å². The molecule has 4 heteroatoms. The summed E-state index contributed by atoms with van der Waals surface area (Å²) in [6.07, 6.45) is 8.64. The minimum absolute atomic E-state index is 0.248. The molecule has 1 N–H and O–H groups in total. The van der Waals surface area contributed by atoms with Gasteiger partial charge >= 0.3 is 0 Å². The van der Waals surface area contributed by atoms with Crippen molar-refractivity contribution in [3.63, 3.8) is 0 Å². The van der Waals surface area contributed by atoms with Crippen LogP contribution in [0.1, 0.15) is 70.3 Å². The van der Waals surface area contributed by atoms with Gasteiger partial charge in [0.2, 0.25) is 0 Å². The molecule has 0 bridgehead atoms. The van der Waals surface area contributed by atoms with E-state index in [-0.39, 0.29) is 5.75 Å². The zero-order valence-electron chi connectivity index (χ0n) is 15.9. The summed E-state index contributed by atoms with van der Waals surface area (Å²) in [6, 6.07) is 13.7. The lowest BCUT2D eigenvalue weighted by atomic mass is 9.89. The Hall–Kier alpha value is -2.36. The third kappa shape index (κ3) is 4.24. The second kappa shape index (κ2) is 8.84. The zero-order chi connectivity index (χ0) is 18.4. The van der Waals surface area contributed by atoms with E-state index in [1.165, 1.54) is 42.5 Å². The van der Waals surface area contributed by atoms with Crippen molar-refractivity contribution in [2.75, 3.05) is 0 Å². The molecule has 0 aliphatic rings. The third-order valence-corrected chi connectivity index (χ3v) is 5.02. The van der Waals surface area contributed by atoms with Gasteiger partial charge in [0.1, 0.15) is 22.5 Å². The highest BCUT2D eigenvalue weighted by Crippen LogP contribution is 2.32. The molecule has 0 radical (unpaired) electrons. The van der Waals surface area contributed by atoms with Crippen LogP contribution in [0.3, 0.4) is 0 Å². The zero-order valence-corrected chi connectivity index (χ0v) is 15.9. The summed E-state index contributed by atoms with van der Waals surface area (Å²) < 4.78 is 0. The van der Waals surface area contributed by atoms with Crippen molar-refractivity contribution >= 4 is 11.0 Å². The van der Waals surface area contributed by atoms with Gasteiger partial charge in [0.05, 0.1) is 0 Å². The molecule has 1 atom stereocenters. The van der Waals surface area contributed by atoms with Crippen LogP contribution in [0.5, 0.6) is 5.75 Å². The quantitative estimate of drug-likeness (QED) is 0.482. The van der Waals surface area contributed by atoms with Crippen LogP contribution in [0.25, 0.3) is 16.7 Å². The highest BCUT2D eigenvalue weighted by atomic mass is 16.3. The number of aromatic nitrogens is 3. The molecule has 4 nitrogen and oxygen atoms in total. The van der Waals surface area contributed by atoms with Crippen LogP contribution in [0.4, 0.5) is 0 Å². The topological polar surface area (TPSA) is 50.9 Å². The molecule has 26 heavy (non-hydrogen) atoms. The lowest BCUT2D eigenvalue weighted by Crippen LogP contribution is -2.02. The Labute approximate surface area is 155 Å². The molecule has 1 heterocycles. The normalized spacial score (nSPS) is 12.5. The number of benzene rings is 2. The Balaban J connectivity index is 1.80. The first-order valence-electron chi connectivity index (χ1n) is 9.88. The minimum Gasteiger partial charge on any atom is -0.506 e. The van der Waals surface area contributed by atoms with Crippen LogP contribution >= 0.6 is 0 Å². The number of phenols is 1. The van der Waals surface area contributed by atoms with Gasteiger partial charge in [-0.05, 0) is 48.6 Å². The first kappa shape index (κ1) is 18.4. The van der Waals surface area contributed by atoms with E-state index in [0.717, 1.165) is 23.9 Å². The molecule has 1 aromatic heterocycles. The number of hydrogen-bond acceptors (Lipinski definition) is 3. The highest BCUT2D eigenvalue weighted by Gasteiger charge is 2.15. The lowest BCUT2D eigenvalue weighted by Gasteiger charge is -2.17. The first-order chi connectivity index (χ1) is 12.7. The number of hydrogen-bond donors (Lipinski definition) is 1. The van der Waals surface area contributed by atoms with Gasteiger partial charge in [-0.25, -0.2) is 0 Å².